The van der Waals surface area contributed by atoms with E-state index in [0.717, 1.165) is 0 Å². The standard InChI is InChI=1S/C10H15NO4/c1-3-14-9(13)8-10(2)5-6(11-8)4-7(12)15-10/h6,8,11H,3-5H2,1-2H3/t6-,8+,10+/m0/s1. The number of rotatable bonds is 2. The first-order valence-electron chi connectivity index (χ1n) is 5.19. The largest absolute Gasteiger partial charge is 0.465 e. The van der Waals surface area contributed by atoms with Crippen molar-refractivity contribution in [3.05, 3.63) is 0 Å². The maximum absolute atomic E-state index is 11.6. The Hall–Kier alpha value is -1.10. The lowest BCUT2D eigenvalue weighted by Gasteiger charge is -2.30. The van der Waals surface area contributed by atoms with Gasteiger partial charge in [-0.2, -0.15) is 0 Å². The number of nitrogens with one attached hydrogen (secondary N) is 1. The average molecular weight is 213 g/mol. The minimum absolute atomic E-state index is 0.0469. The van der Waals surface area contributed by atoms with E-state index in [2.05, 4.69) is 5.32 Å². The minimum atomic E-state index is -0.730. The van der Waals surface area contributed by atoms with Crippen LogP contribution in [0.1, 0.15) is 26.7 Å². The van der Waals surface area contributed by atoms with Crippen LogP contribution >= 0.6 is 0 Å². The van der Waals surface area contributed by atoms with Crippen LogP contribution in [0, 0.1) is 0 Å². The number of carbonyl (C=O) groups is 2. The molecule has 0 aromatic heterocycles. The topological polar surface area (TPSA) is 64.6 Å². The van der Waals surface area contributed by atoms with Crippen LogP contribution in [0.15, 0.2) is 0 Å². The van der Waals surface area contributed by atoms with Crippen molar-refractivity contribution in [2.45, 2.75) is 44.4 Å². The van der Waals surface area contributed by atoms with Gasteiger partial charge in [0.15, 0.2) is 0 Å². The van der Waals surface area contributed by atoms with Crippen LogP contribution in [0.5, 0.6) is 0 Å². The van der Waals surface area contributed by atoms with E-state index in [1.807, 2.05) is 0 Å². The molecular weight excluding hydrogens is 198 g/mol. The monoisotopic (exact) mass is 213 g/mol. The zero-order valence-electron chi connectivity index (χ0n) is 8.91. The van der Waals surface area contributed by atoms with Gasteiger partial charge < -0.3 is 9.47 Å². The van der Waals surface area contributed by atoms with Crippen molar-refractivity contribution in [1.82, 2.24) is 5.32 Å². The molecule has 0 amide bonds. The lowest BCUT2D eigenvalue weighted by atomic mass is 9.92. The molecule has 84 valence electrons. The smallest absolute Gasteiger partial charge is 0.327 e. The summed E-state index contributed by atoms with van der Waals surface area (Å²) in [5.41, 5.74) is -0.730. The van der Waals surface area contributed by atoms with Crippen molar-refractivity contribution < 1.29 is 19.1 Å². The number of hydrogen-bond donors (Lipinski definition) is 1. The summed E-state index contributed by atoms with van der Waals surface area (Å²) in [6.07, 6.45) is 1.02. The molecule has 0 aromatic carbocycles. The maximum atomic E-state index is 11.6. The molecule has 15 heavy (non-hydrogen) atoms. The third-order valence-corrected chi connectivity index (χ3v) is 2.95. The van der Waals surface area contributed by atoms with E-state index in [1.54, 1.807) is 13.8 Å². The Morgan fingerprint density at radius 2 is 2.47 bits per heavy atom. The van der Waals surface area contributed by atoms with Gasteiger partial charge in [-0.15, -0.1) is 0 Å². The molecule has 0 spiro atoms. The average Bonchev–Trinajstić information content (AvgIpc) is 2.36. The summed E-state index contributed by atoms with van der Waals surface area (Å²) in [5, 5.41) is 3.09. The molecule has 2 bridgehead atoms. The Balaban J connectivity index is 2.14. The first-order chi connectivity index (χ1) is 7.05. The molecule has 1 N–H and O–H groups in total. The van der Waals surface area contributed by atoms with E-state index >= 15 is 0 Å². The molecule has 2 heterocycles. The summed E-state index contributed by atoms with van der Waals surface area (Å²) >= 11 is 0. The molecule has 2 fully saturated rings. The molecule has 2 rings (SSSR count). The van der Waals surface area contributed by atoms with Crippen LogP contribution in [-0.2, 0) is 19.1 Å². The second kappa shape index (κ2) is 3.48. The van der Waals surface area contributed by atoms with Crippen molar-refractivity contribution in [1.29, 1.82) is 0 Å². The molecular formula is C10H15NO4. The maximum Gasteiger partial charge on any atom is 0.327 e. The Bertz CT molecular complexity index is 304. The summed E-state index contributed by atoms with van der Waals surface area (Å²) in [5.74, 6) is -0.578. The van der Waals surface area contributed by atoms with Crippen molar-refractivity contribution >= 4 is 11.9 Å². The molecule has 5 nitrogen and oxygen atoms in total. The quantitative estimate of drug-likeness (QED) is 0.653. The van der Waals surface area contributed by atoms with E-state index in [9.17, 15) is 9.59 Å². The van der Waals surface area contributed by atoms with E-state index in [4.69, 9.17) is 9.47 Å². The molecule has 0 unspecified atom stereocenters. The highest BCUT2D eigenvalue weighted by atomic mass is 16.6. The van der Waals surface area contributed by atoms with Crippen LogP contribution in [-0.4, -0.2) is 36.2 Å². The Kier molecular flexibility index (Phi) is 2.42. The normalized spacial score (nSPS) is 38.7. The van der Waals surface area contributed by atoms with Crippen molar-refractivity contribution in [2.24, 2.45) is 0 Å². The summed E-state index contributed by atoms with van der Waals surface area (Å²) in [6.45, 7) is 3.87. The van der Waals surface area contributed by atoms with Gasteiger partial charge in [0.2, 0.25) is 0 Å². The molecule has 2 aliphatic heterocycles. The van der Waals surface area contributed by atoms with E-state index in [0.29, 0.717) is 19.4 Å². The first kappa shape index (κ1) is 10.4. The minimum Gasteiger partial charge on any atom is -0.465 e. The first-order valence-corrected chi connectivity index (χ1v) is 5.19. The van der Waals surface area contributed by atoms with Gasteiger partial charge in [0.25, 0.3) is 0 Å². The lowest BCUT2D eigenvalue weighted by Crippen LogP contribution is -2.49. The van der Waals surface area contributed by atoms with E-state index < -0.39 is 11.6 Å². The molecule has 0 aliphatic carbocycles. The fourth-order valence-electron chi connectivity index (χ4n) is 2.36. The van der Waals surface area contributed by atoms with Crippen LogP contribution in [0.4, 0.5) is 0 Å². The molecule has 2 aliphatic rings. The summed E-state index contributed by atoms with van der Waals surface area (Å²) < 4.78 is 10.2. The third-order valence-electron chi connectivity index (χ3n) is 2.95. The van der Waals surface area contributed by atoms with Gasteiger partial charge in [0.1, 0.15) is 11.6 Å². The molecule has 0 aromatic rings. The van der Waals surface area contributed by atoms with E-state index in [1.165, 1.54) is 0 Å². The highest BCUT2D eigenvalue weighted by Gasteiger charge is 2.54. The third kappa shape index (κ3) is 1.71. The number of carbonyl (C=O) groups excluding carboxylic acids is 2. The summed E-state index contributed by atoms with van der Waals surface area (Å²) in [7, 11) is 0. The molecule has 5 heteroatoms. The highest BCUT2D eigenvalue weighted by Crippen LogP contribution is 2.35. The zero-order valence-corrected chi connectivity index (χ0v) is 8.91. The molecule has 0 radical (unpaired) electrons. The van der Waals surface area contributed by atoms with Gasteiger partial charge in [-0.3, -0.25) is 14.9 Å². The van der Waals surface area contributed by atoms with Crippen molar-refractivity contribution in [2.75, 3.05) is 6.61 Å². The van der Waals surface area contributed by atoms with Gasteiger partial charge >= 0.3 is 11.9 Å². The van der Waals surface area contributed by atoms with Crippen molar-refractivity contribution in [3.63, 3.8) is 0 Å². The Morgan fingerprint density at radius 1 is 1.73 bits per heavy atom. The molecule has 2 saturated heterocycles. The SMILES string of the molecule is CCOC(=O)[C@H]1N[C@H]2CC(=O)O[C@]1(C)C2. The highest BCUT2D eigenvalue weighted by molar-refractivity contribution is 5.81. The van der Waals surface area contributed by atoms with Gasteiger partial charge in [-0.25, -0.2) is 0 Å². The predicted molar refractivity (Wildman–Crippen MR) is 51.1 cm³/mol. The van der Waals surface area contributed by atoms with Crippen LogP contribution < -0.4 is 5.32 Å². The lowest BCUT2D eigenvalue weighted by molar-refractivity contribution is -0.167. The van der Waals surface area contributed by atoms with Crippen LogP contribution in [0.25, 0.3) is 0 Å². The second-order valence-electron chi connectivity index (χ2n) is 4.24. The number of esters is 2. The number of hydrogen-bond acceptors (Lipinski definition) is 5. The van der Waals surface area contributed by atoms with Gasteiger partial charge in [0.05, 0.1) is 13.0 Å². The molecule has 0 saturated carbocycles. The predicted octanol–water partition coefficient (Wildman–Crippen LogP) is -0.0144. The fourth-order valence-corrected chi connectivity index (χ4v) is 2.36. The van der Waals surface area contributed by atoms with Crippen LogP contribution in [0.3, 0.4) is 0 Å². The zero-order chi connectivity index (χ0) is 11.1. The molecule has 3 atom stereocenters. The summed E-state index contributed by atoms with van der Waals surface area (Å²) in [4.78, 5) is 22.9. The Morgan fingerprint density at radius 3 is 3.13 bits per heavy atom. The Labute approximate surface area is 88.1 Å². The van der Waals surface area contributed by atoms with Crippen LogP contribution in [0.2, 0.25) is 0 Å². The fraction of sp³-hybridized carbons (Fsp3) is 0.800. The second-order valence-corrected chi connectivity index (χ2v) is 4.24. The van der Waals surface area contributed by atoms with Gasteiger partial charge in [0, 0.05) is 12.5 Å². The van der Waals surface area contributed by atoms with Gasteiger partial charge in [-0.05, 0) is 13.8 Å². The van der Waals surface area contributed by atoms with E-state index in [-0.39, 0.29) is 18.0 Å². The number of fused-ring (bicyclic) bond motifs is 2. The van der Waals surface area contributed by atoms with Gasteiger partial charge in [-0.1, -0.05) is 0 Å². The number of ether oxygens (including phenoxy) is 2. The summed E-state index contributed by atoms with van der Waals surface area (Å²) in [6, 6.07) is -0.473. The van der Waals surface area contributed by atoms with Crippen molar-refractivity contribution in [3.8, 4) is 0 Å².